The van der Waals surface area contributed by atoms with Crippen molar-refractivity contribution in [2.75, 3.05) is 13.1 Å². The first-order valence-corrected chi connectivity index (χ1v) is 10.8. The SMILES string of the molecule is CC(O)(CC(=O)N1CCC(O)(Cn2cnc3c(cnn3-c3ccc(F)cc3)c2=O)CC1)C(F)(F)F. The lowest BCUT2D eigenvalue weighted by molar-refractivity contribution is -0.254. The van der Waals surface area contributed by atoms with Gasteiger partial charge in [-0.2, -0.15) is 18.3 Å². The topological polar surface area (TPSA) is 113 Å². The van der Waals surface area contributed by atoms with Crippen molar-refractivity contribution in [2.24, 2.45) is 0 Å². The molecule has 35 heavy (non-hydrogen) atoms. The van der Waals surface area contributed by atoms with Crippen LogP contribution >= 0.6 is 0 Å². The summed E-state index contributed by atoms with van der Waals surface area (Å²) in [5.41, 5.74) is -4.25. The van der Waals surface area contributed by atoms with Gasteiger partial charge >= 0.3 is 6.18 Å². The molecular formula is C22H23F4N5O4. The van der Waals surface area contributed by atoms with E-state index < -0.39 is 41.1 Å². The molecule has 188 valence electrons. The number of aromatic nitrogens is 4. The maximum Gasteiger partial charge on any atom is 0.417 e. The Balaban J connectivity index is 1.46. The van der Waals surface area contributed by atoms with Gasteiger partial charge in [0.15, 0.2) is 11.2 Å². The van der Waals surface area contributed by atoms with Crippen LogP contribution in [0.4, 0.5) is 17.6 Å². The third kappa shape index (κ3) is 4.91. The first-order chi connectivity index (χ1) is 16.3. The second kappa shape index (κ2) is 8.72. The first kappa shape index (κ1) is 24.8. The van der Waals surface area contributed by atoms with Crippen LogP contribution in [0.25, 0.3) is 16.7 Å². The van der Waals surface area contributed by atoms with Crippen LogP contribution in [0.3, 0.4) is 0 Å². The molecule has 13 heteroatoms. The van der Waals surface area contributed by atoms with Gasteiger partial charge in [-0.15, -0.1) is 0 Å². The normalized spacial score (nSPS) is 18.0. The summed E-state index contributed by atoms with van der Waals surface area (Å²) in [7, 11) is 0. The zero-order chi connectivity index (χ0) is 25.6. The third-order valence-corrected chi connectivity index (χ3v) is 6.24. The Labute approximate surface area is 196 Å². The number of amides is 1. The van der Waals surface area contributed by atoms with Crippen molar-refractivity contribution in [2.45, 2.75) is 50.1 Å². The molecule has 1 aliphatic rings. The highest BCUT2D eigenvalue weighted by Crippen LogP contribution is 2.34. The summed E-state index contributed by atoms with van der Waals surface area (Å²) in [6, 6.07) is 5.48. The third-order valence-electron chi connectivity index (χ3n) is 6.24. The van der Waals surface area contributed by atoms with E-state index >= 15 is 0 Å². The number of piperidine rings is 1. The lowest BCUT2D eigenvalue weighted by Gasteiger charge is -2.39. The van der Waals surface area contributed by atoms with Gasteiger partial charge in [0.1, 0.15) is 17.5 Å². The number of halogens is 4. The molecule has 1 aromatic carbocycles. The molecule has 2 N–H and O–H groups in total. The molecule has 0 radical (unpaired) electrons. The van der Waals surface area contributed by atoms with Gasteiger partial charge in [0, 0.05) is 13.1 Å². The van der Waals surface area contributed by atoms with Crippen LogP contribution in [0.5, 0.6) is 0 Å². The molecule has 0 bridgehead atoms. The number of rotatable bonds is 5. The molecule has 4 rings (SSSR count). The molecule has 1 amide bonds. The highest BCUT2D eigenvalue weighted by molar-refractivity contribution is 5.77. The fraction of sp³-hybridized carbons (Fsp3) is 0.455. The minimum absolute atomic E-state index is 0.0201. The summed E-state index contributed by atoms with van der Waals surface area (Å²) >= 11 is 0. The second-order valence-corrected chi connectivity index (χ2v) is 9.00. The average Bonchev–Trinajstić information content (AvgIpc) is 3.20. The maximum atomic E-state index is 13.2. The maximum absolute atomic E-state index is 13.2. The van der Waals surface area contributed by atoms with Crippen molar-refractivity contribution in [3.8, 4) is 5.69 Å². The number of carbonyl (C=O) groups is 1. The van der Waals surface area contributed by atoms with Crippen LogP contribution in [0.1, 0.15) is 26.2 Å². The van der Waals surface area contributed by atoms with Gasteiger partial charge in [-0.25, -0.2) is 14.1 Å². The average molecular weight is 497 g/mol. The molecule has 1 atom stereocenters. The van der Waals surface area contributed by atoms with Crippen molar-refractivity contribution in [1.82, 2.24) is 24.2 Å². The summed E-state index contributed by atoms with van der Waals surface area (Å²) in [6.07, 6.45) is -3.45. The van der Waals surface area contributed by atoms with Gasteiger partial charge in [-0.1, -0.05) is 0 Å². The standard InChI is InChI=1S/C22H23F4N5O4/c1-20(34,22(24,25)26)10-17(32)29-8-6-21(35,7-9-29)12-30-13-27-18-16(19(30)33)11-28-31(18)15-4-2-14(23)3-5-15/h2-5,11,13,34-35H,6-10,12H2,1H3. The van der Waals surface area contributed by atoms with E-state index in [-0.39, 0.29) is 43.5 Å². The van der Waals surface area contributed by atoms with Crippen LogP contribution < -0.4 is 5.56 Å². The Morgan fingerprint density at radius 2 is 1.80 bits per heavy atom. The fourth-order valence-electron chi connectivity index (χ4n) is 3.99. The molecule has 1 unspecified atom stereocenters. The van der Waals surface area contributed by atoms with E-state index in [0.717, 1.165) is 4.90 Å². The summed E-state index contributed by atoms with van der Waals surface area (Å²) in [5.74, 6) is -1.30. The monoisotopic (exact) mass is 497 g/mol. The Bertz CT molecular complexity index is 1290. The van der Waals surface area contributed by atoms with Gasteiger partial charge in [-0.3, -0.25) is 14.2 Å². The number of hydrogen-bond acceptors (Lipinski definition) is 6. The fourth-order valence-corrected chi connectivity index (χ4v) is 3.99. The highest BCUT2D eigenvalue weighted by atomic mass is 19.4. The molecule has 2 aromatic heterocycles. The molecule has 1 aliphatic heterocycles. The number of fused-ring (bicyclic) bond motifs is 1. The quantitative estimate of drug-likeness (QED) is 0.520. The number of aliphatic hydroxyl groups is 2. The minimum Gasteiger partial charge on any atom is -0.388 e. The highest BCUT2D eigenvalue weighted by Gasteiger charge is 2.51. The van der Waals surface area contributed by atoms with Gasteiger partial charge in [0.2, 0.25) is 5.91 Å². The molecule has 0 spiro atoms. The largest absolute Gasteiger partial charge is 0.417 e. The van der Waals surface area contributed by atoms with E-state index in [1.165, 1.54) is 46.0 Å². The number of benzene rings is 1. The van der Waals surface area contributed by atoms with Crippen molar-refractivity contribution >= 4 is 16.9 Å². The van der Waals surface area contributed by atoms with Crippen LogP contribution in [0, 0.1) is 5.82 Å². The summed E-state index contributed by atoms with van der Waals surface area (Å²) in [5, 5.41) is 24.9. The van der Waals surface area contributed by atoms with E-state index in [0.29, 0.717) is 12.6 Å². The van der Waals surface area contributed by atoms with Gasteiger partial charge in [-0.05, 0) is 44.0 Å². The molecular weight excluding hydrogens is 474 g/mol. The van der Waals surface area contributed by atoms with E-state index in [1.807, 2.05) is 0 Å². The summed E-state index contributed by atoms with van der Waals surface area (Å²) in [4.78, 5) is 30.6. The molecule has 9 nitrogen and oxygen atoms in total. The zero-order valence-electron chi connectivity index (χ0n) is 18.7. The van der Waals surface area contributed by atoms with Crippen LogP contribution in [0.2, 0.25) is 0 Å². The summed E-state index contributed by atoms with van der Waals surface area (Å²) < 4.78 is 54.4. The van der Waals surface area contributed by atoms with E-state index in [4.69, 9.17) is 0 Å². The van der Waals surface area contributed by atoms with E-state index in [1.54, 1.807) is 0 Å². The van der Waals surface area contributed by atoms with Crippen molar-refractivity contribution in [3.63, 3.8) is 0 Å². The Kier molecular flexibility index (Phi) is 6.18. The minimum atomic E-state index is -4.95. The van der Waals surface area contributed by atoms with Crippen LogP contribution in [-0.4, -0.2) is 70.8 Å². The summed E-state index contributed by atoms with van der Waals surface area (Å²) in [6.45, 7) is 0.337. The molecule has 3 aromatic rings. The van der Waals surface area contributed by atoms with Crippen LogP contribution in [0.15, 0.2) is 41.6 Å². The van der Waals surface area contributed by atoms with Crippen LogP contribution in [-0.2, 0) is 11.3 Å². The number of carbonyl (C=O) groups excluding carboxylic acids is 1. The number of alkyl halides is 3. The van der Waals surface area contributed by atoms with Gasteiger partial charge in [0.05, 0.1) is 30.5 Å². The first-order valence-electron chi connectivity index (χ1n) is 10.8. The van der Waals surface area contributed by atoms with E-state index in [2.05, 4.69) is 10.1 Å². The molecule has 0 saturated carbocycles. The molecule has 3 heterocycles. The Morgan fingerprint density at radius 1 is 1.17 bits per heavy atom. The second-order valence-electron chi connectivity index (χ2n) is 9.00. The zero-order valence-corrected chi connectivity index (χ0v) is 18.7. The predicted molar refractivity (Wildman–Crippen MR) is 115 cm³/mol. The van der Waals surface area contributed by atoms with Crippen molar-refractivity contribution in [1.29, 1.82) is 0 Å². The van der Waals surface area contributed by atoms with Crippen molar-refractivity contribution < 1.29 is 32.6 Å². The number of likely N-dealkylation sites (tertiary alicyclic amines) is 1. The smallest absolute Gasteiger partial charge is 0.388 e. The molecule has 0 aliphatic carbocycles. The van der Waals surface area contributed by atoms with Gasteiger partial charge < -0.3 is 15.1 Å². The Hall–Kier alpha value is -3.32. The molecule has 1 saturated heterocycles. The molecule has 1 fully saturated rings. The lowest BCUT2D eigenvalue weighted by Crippen LogP contribution is -2.52. The Morgan fingerprint density at radius 3 is 2.40 bits per heavy atom. The van der Waals surface area contributed by atoms with E-state index in [9.17, 15) is 37.4 Å². The predicted octanol–water partition coefficient (Wildman–Crippen LogP) is 1.78. The number of nitrogens with zero attached hydrogens (tertiary/aromatic N) is 5. The number of hydrogen-bond donors (Lipinski definition) is 2. The van der Waals surface area contributed by atoms with Gasteiger partial charge in [0.25, 0.3) is 5.56 Å². The van der Waals surface area contributed by atoms with Crippen molar-refractivity contribution in [3.05, 3.63) is 53.0 Å². The lowest BCUT2D eigenvalue weighted by atomic mass is 9.90.